The van der Waals surface area contributed by atoms with E-state index < -0.39 is 0 Å². The maximum absolute atomic E-state index is 12.5. The maximum atomic E-state index is 12.5. The lowest BCUT2D eigenvalue weighted by Crippen LogP contribution is -2.13. The molecule has 2 aromatic rings. The van der Waals surface area contributed by atoms with E-state index in [9.17, 15) is 4.79 Å². The second-order valence-corrected chi connectivity index (χ2v) is 5.10. The second-order valence-electron chi connectivity index (χ2n) is 5.10. The number of methoxy groups -OCH3 is 1. The quantitative estimate of drug-likeness (QED) is 0.791. The highest BCUT2D eigenvalue weighted by Gasteiger charge is 2.13. The molecule has 128 valence electrons. The number of carbonyl (C=O) groups is 1. The minimum atomic E-state index is -0.233. The van der Waals surface area contributed by atoms with E-state index in [2.05, 4.69) is 5.32 Å². The van der Waals surface area contributed by atoms with Gasteiger partial charge in [-0.15, -0.1) is 0 Å². The van der Waals surface area contributed by atoms with Crippen LogP contribution < -0.4 is 19.5 Å². The zero-order chi connectivity index (χ0) is 17.4. The SMILES string of the molecule is CCCOc1ccccc1NC(=O)c1ccc(OCC)c(OC)c1. The molecule has 0 atom stereocenters. The molecular weight excluding hydrogens is 306 g/mol. The van der Waals surface area contributed by atoms with Gasteiger partial charge in [0.2, 0.25) is 0 Å². The fraction of sp³-hybridized carbons (Fsp3) is 0.316. The van der Waals surface area contributed by atoms with Crippen molar-refractivity contribution in [2.45, 2.75) is 20.3 Å². The molecule has 0 saturated carbocycles. The van der Waals surface area contributed by atoms with Crippen LogP contribution in [0.5, 0.6) is 17.2 Å². The lowest BCUT2D eigenvalue weighted by Gasteiger charge is -2.13. The average molecular weight is 329 g/mol. The van der Waals surface area contributed by atoms with Crippen molar-refractivity contribution in [3.8, 4) is 17.2 Å². The standard InChI is InChI=1S/C19H23NO4/c1-4-12-24-16-9-7-6-8-15(16)20-19(21)14-10-11-17(23-5-2)18(13-14)22-3/h6-11,13H,4-5,12H2,1-3H3,(H,20,21). The molecule has 0 radical (unpaired) electrons. The molecule has 0 saturated heterocycles. The van der Waals surface area contributed by atoms with Gasteiger partial charge in [-0.05, 0) is 43.7 Å². The molecule has 0 aliphatic rings. The minimum absolute atomic E-state index is 0.233. The fourth-order valence-electron chi connectivity index (χ4n) is 2.19. The Bertz CT molecular complexity index is 685. The first-order valence-electron chi connectivity index (χ1n) is 8.03. The summed E-state index contributed by atoms with van der Waals surface area (Å²) in [6.45, 7) is 5.06. The van der Waals surface area contributed by atoms with Crippen LogP contribution in [0.2, 0.25) is 0 Å². The van der Waals surface area contributed by atoms with E-state index >= 15 is 0 Å². The first kappa shape index (κ1) is 17.7. The molecule has 2 aromatic carbocycles. The number of hydrogen-bond acceptors (Lipinski definition) is 4. The van der Waals surface area contributed by atoms with Crippen LogP contribution in [0, 0.1) is 0 Å². The van der Waals surface area contributed by atoms with Crippen molar-refractivity contribution >= 4 is 11.6 Å². The molecule has 1 amide bonds. The Hall–Kier alpha value is -2.69. The number of rotatable bonds is 8. The molecule has 5 heteroatoms. The van der Waals surface area contributed by atoms with Gasteiger partial charge in [0.15, 0.2) is 11.5 Å². The highest BCUT2D eigenvalue weighted by Crippen LogP contribution is 2.29. The highest BCUT2D eigenvalue weighted by atomic mass is 16.5. The van der Waals surface area contributed by atoms with Crippen LogP contribution in [0.15, 0.2) is 42.5 Å². The molecule has 0 fully saturated rings. The summed E-state index contributed by atoms with van der Waals surface area (Å²) in [4.78, 5) is 12.5. The van der Waals surface area contributed by atoms with E-state index in [1.807, 2.05) is 38.1 Å². The van der Waals surface area contributed by atoms with Gasteiger partial charge < -0.3 is 19.5 Å². The van der Waals surface area contributed by atoms with Crippen LogP contribution in [0.1, 0.15) is 30.6 Å². The van der Waals surface area contributed by atoms with Crippen molar-refractivity contribution in [2.75, 3.05) is 25.6 Å². The van der Waals surface area contributed by atoms with Gasteiger partial charge in [0, 0.05) is 5.56 Å². The molecule has 0 spiro atoms. The molecule has 1 N–H and O–H groups in total. The van der Waals surface area contributed by atoms with Crippen molar-refractivity contribution in [3.63, 3.8) is 0 Å². The zero-order valence-electron chi connectivity index (χ0n) is 14.3. The molecular formula is C19H23NO4. The van der Waals surface area contributed by atoms with E-state index in [4.69, 9.17) is 14.2 Å². The number of hydrogen-bond donors (Lipinski definition) is 1. The normalized spacial score (nSPS) is 10.1. The number of ether oxygens (including phenoxy) is 3. The van der Waals surface area contributed by atoms with Crippen LogP contribution in [-0.4, -0.2) is 26.2 Å². The van der Waals surface area contributed by atoms with E-state index in [-0.39, 0.29) is 5.91 Å². The molecule has 0 bridgehead atoms. The van der Waals surface area contributed by atoms with Gasteiger partial charge >= 0.3 is 0 Å². The van der Waals surface area contributed by atoms with E-state index in [0.717, 1.165) is 6.42 Å². The summed E-state index contributed by atoms with van der Waals surface area (Å²) in [6.07, 6.45) is 0.901. The van der Waals surface area contributed by atoms with E-state index in [1.165, 1.54) is 0 Å². The number of anilines is 1. The third-order valence-electron chi connectivity index (χ3n) is 3.32. The summed E-state index contributed by atoms with van der Waals surface area (Å²) in [5.41, 5.74) is 1.13. The minimum Gasteiger partial charge on any atom is -0.493 e. The second kappa shape index (κ2) is 8.82. The van der Waals surface area contributed by atoms with Gasteiger partial charge in [-0.1, -0.05) is 19.1 Å². The van der Waals surface area contributed by atoms with Crippen molar-refractivity contribution in [1.82, 2.24) is 0 Å². The predicted octanol–water partition coefficient (Wildman–Crippen LogP) is 4.14. The molecule has 2 rings (SSSR count). The lowest BCUT2D eigenvalue weighted by molar-refractivity contribution is 0.102. The summed E-state index contributed by atoms with van der Waals surface area (Å²) in [5, 5.41) is 2.88. The van der Waals surface area contributed by atoms with Crippen LogP contribution in [0.25, 0.3) is 0 Å². The largest absolute Gasteiger partial charge is 0.493 e. The molecule has 5 nitrogen and oxygen atoms in total. The Kier molecular flexibility index (Phi) is 6.49. The van der Waals surface area contributed by atoms with Crippen LogP contribution in [0.4, 0.5) is 5.69 Å². The number of carbonyl (C=O) groups excluding carboxylic acids is 1. The molecule has 0 aliphatic heterocycles. The number of amides is 1. The summed E-state index contributed by atoms with van der Waals surface area (Å²) in [5.74, 6) is 1.57. The van der Waals surface area contributed by atoms with Crippen molar-refractivity contribution < 1.29 is 19.0 Å². The van der Waals surface area contributed by atoms with Crippen LogP contribution in [0.3, 0.4) is 0 Å². The topological polar surface area (TPSA) is 56.8 Å². The van der Waals surface area contributed by atoms with Crippen molar-refractivity contribution in [3.05, 3.63) is 48.0 Å². The summed E-state index contributed by atoms with van der Waals surface area (Å²) >= 11 is 0. The Balaban J connectivity index is 2.18. The zero-order valence-corrected chi connectivity index (χ0v) is 14.3. The first-order valence-corrected chi connectivity index (χ1v) is 8.03. The molecule has 0 unspecified atom stereocenters. The fourth-order valence-corrected chi connectivity index (χ4v) is 2.19. The van der Waals surface area contributed by atoms with Gasteiger partial charge in [-0.25, -0.2) is 0 Å². The van der Waals surface area contributed by atoms with Gasteiger partial charge in [-0.3, -0.25) is 4.79 Å². The van der Waals surface area contributed by atoms with Crippen molar-refractivity contribution in [1.29, 1.82) is 0 Å². The van der Waals surface area contributed by atoms with Gasteiger partial charge in [-0.2, -0.15) is 0 Å². The molecule has 0 aromatic heterocycles. The molecule has 0 aliphatic carbocycles. The first-order chi connectivity index (χ1) is 11.7. The summed E-state index contributed by atoms with van der Waals surface area (Å²) in [7, 11) is 1.55. The summed E-state index contributed by atoms with van der Waals surface area (Å²) in [6, 6.07) is 12.5. The van der Waals surface area contributed by atoms with Gasteiger partial charge in [0.05, 0.1) is 26.0 Å². The molecule has 24 heavy (non-hydrogen) atoms. The van der Waals surface area contributed by atoms with E-state index in [0.29, 0.717) is 41.7 Å². The monoisotopic (exact) mass is 329 g/mol. The van der Waals surface area contributed by atoms with E-state index in [1.54, 1.807) is 25.3 Å². The number of para-hydroxylation sites is 2. The Morgan fingerprint density at radius 1 is 1.00 bits per heavy atom. The Morgan fingerprint density at radius 3 is 2.50 bits per heavy atom. The average Bonchev–Trinajstić information content (AvgIpc) is 2.61. The third kappa shape index (κ3) is 4.41. The van der Waals surface area contributed by atoms with Crippen LogP contribution >= 0.6 is 0 Å². The summed E-state index contributed by atoms with van der Waals surface area (Å²) < 4.78 is 16.4. The maximum Gasteiger partial charge on any atom is 0.255 e. The van der Waals surface area contributed by atoms with Gasteiger partial charge in [0.1, 0.15) is 5.75 Å². The van der Waals surface area contributed by atoms with Gasteiger partial charge in [0.25, 0.3) is 5.91 Å². The Labute approximate surface area is 142 Å². The third-order valence-corrected chi connectivity index (χ3v) is 3.32. The van der Waals surface area contributed by atoms with Crippen LogP contribution in [-0.2, 0) is 0 Å². The Morgan fingerprint density at radius 2 is 1.79 bits per heavy atom. The number of benzene rings is 2. The highest BCUT2D eigenvalue weighted by molar-refractivity contribution is 6.05. The predicted molar refractivity (Wildman–Crippen MR) is 94.3 cm³/mol. The smallest absolute Gasteiger partial charge is 0.255 e. The number of nitrogens with one attached hydrogen (secondary N) is 1. The molecule has 0 heterocycles. The lowest BCUT2D eigenvalue weighted by atomic mass is 10.1. The van der Waals surface area contributed by atoms with Crippen molar-refractivity contribution in [2.24, 2.45) is 0 Å².